The molecular formula is C43H18N4O4S2. The van der Waals surface area contributed by atoms with Gasteiger partial charge < -0.3 is 0 Å². The monoisotopic (exact) mass is 718 g/mol. The predicted molar refractivity (Wildman–Crippen MR) is 203 cm³/mol. The van der Waals surface area contributed by atoms with Crippen molar-refractivity contribution in [1.82, 2.24) is 0 Å². The fraction of sp³-hybridized carbons (Fsp3) is 0.0698. The molecule has 6 aromatic rings. The molecule has 0 amide bonds. The fourth-order valence-corrected chi connectivity index (χ4v) is 9.67. The number of Topliss-reactive ketones (excluding diaryl/α,β-unsaturated/α-hetero) is 4. The van der Waals surface area contributed by atoms with Crippen molar-refractivity contribution in [2.45, 2.75) is 19.3 Å². The van der Waals surface area contributed by atoms with Gasteiger partial charge in [-0.15, -0.1) is 22.7 Å². The molecule has 0 N–H and O–H groups in total. The lowest BCUT2D eigenvalue weighted by Crippen LogP contribution is -2.14. The Morgan fingerprint density at radius 2 is 0.943 bits per heavy atom. The van der Waals surface area contributed by atoms with E-state index in [1.54, 1.807) is 12.2 Å². The van der Waals surface area contributed by atoms with Gasteiger partial charge in [0.2, 0.25) is 0 Å². The van der Waals surface area contributed by atoms with Gasteiger partial charge in [0.1, 0.15) is 12.1 Å². The Morgan fingerprint density at radius 1 is 0.566 bits per heavy atom. The summed E-state index contributed by atoms with van der Waals surface area (Å²) in [6, 6.07) is 21.7. The maximum Gasteiger partial charge on any atom is 0.197 e. The van der Waals surface area contributed by atoms with Crippen LogP contribution < -0.4 is 0 Å². The lowest BCUT2D eigenvalue weighted by atomic mass is 9.82. The van der Waals surface area contributed by atoms with Crippen molar-refractivity contribution in [1.29, 1.82) is 10.5 Å². The van der Waals surface area contributed by atoms with Crippen molar-refractivity contribution in [3.63, 3.8) is 0 Å². The highest BCUT2D eigenvalue weighted by molar-refractivity contribution is 7.20. The van der Waals surface area contributed by atoms with Crippen LogP contribution >= 0.6 is 22.7 Å². The van der Waals surface area contributed by atoms with Crippen molar-refractivity contribution in [3.05, 3.63) is 149 Å². The van der Waals surface area contributed by atoms with E-state index < -0.39 is 23.1 Å². The average Bonchev–Trinajstić information content (AvgIpc) is 3.91. The molecule has 0 unspecified atom stereocenters. The number of allylic oxidation sites excluding steroid dienone is 2. The Bertz CT molecular complexity index is 2790. The third-order valence-electron chi connectivity index (χ3n) is 10.3. The number of carbonyl (C=O) groups is 4. The highest BCUT2D eigenvalue weighted by Crippen LogP contribution is 2.52. The first-order valence-electron chi connectivity index (χ1n) is 16.2. The topological polar surface area (TPSA) is 125 Å². The number of thiophene rings is 2. The minimum atomic E-state index is -0.467. The number of benzene rings is 4. The number of nitrogens with zero attached hydrogens (tertiary/aromatic N) is 4. The third-order valence-corrected chi connectivity index (χ3v) is 12.4. The van der Waals surface area contributed by atoms with Gasteiger partial charge in [-0.3, -0.25) is 28.9 Å². The van der Waals surface area contributed by atoms with Crippen LogP contribution in [0.3, 0.4) is 0 Å². The third kappa shape index (κ3) is 4.41. The van der Waals surface area contributed by atoms with E-state index in [0.717, 1.165) is 52.2 Å². The molecule has 2 aromatic heterocycles. The van der Waals surface area contributed by atoms with Gasteiger partial charge in [-0.05, 0) is 93.7 Å². The summed E-state index contributed by atoms with van der Waals surface area (Å²) in [5, 5.41) is 20.8. The lowest BCUT2D eigenvalue weighted by Gasteiger charge is -2.21. The van der Waals surface area contributed by atoms with Crippen LogP contribution in [0.5, 0.6) is 0 Å². The van der Waals surface area contributed by atoms with Gasteiger partial charge in [0.25, 0.3) is 0 Å². The normalized spacial score (nSPS) is 14.8. The van der Waals surface area contributed by atoms with E-state index in [9.17, 15) is 29.7 Å². The van der Waals surface area contributed by atoms with Gasteiger partial charge in [-0.1, -0.05) is 26.0 Å². The summed E-state index contributed by atoms with van der Waals surface area (Å²) >= 11 is 2.93. The molecule has 9 rings (SSSR count). The van der Waals surface area contributed by atoms with Crippen LogP contribution in [0.1, 0.15) is 87.3 Å². The predicted octanol–water partition coefficient (Wildman–Crippen LogP) is 10.2. The van der Waals surface area contributed by atoms with Crippen molar-refractivity contribution >= 4 is 89.5 Å². The number of ketones is 4. The molecule has 0 saturated heterocycles. The van der Waals surface area contributed by atoms with Crippen LogP contribution in [-0.4, -0.2) is 23.1 Å². The first-order valence-corrected chi connectivity index (χ1v) is 17.8. The smallest absolute Gasteiger partial charge is 0.197 e. The molecule has 0 aliphatic heterocycles. The van der Waals surface area contributed by atoms with Gasteiger partial charge >= 0.3 is 0 Å². The largest absolute Gasteiger partial charge is 0.288 e. The van der Waals surface area contributed by atoms with E-state index >= 15 is 0 Å². The van der Waals surface area contributed by atoms with Crippen molar-refractivity contribution < 1.29 is 19.2 Å². The first-order chi connectivity index (χ1) is 25.4. The molecule has 0 radical (unpaired) electrons. The molecular weight excluding hydrogens is 701 g/mol. The van der Waals surface area contributed by atoms with Crippen molar-refractivity contribution in [2.24, 2.45) is 0 Å². The molecule has 3 aliphatic rings. The van der Waals surface area contributed by atoms with Crippen LogP contribution in [-0.2, 0) is 5.41 Å². The van der Waals surface area contributed by atoms with E-state index in [0.29, 0.717) is 0 Å². The molecule has 0 spiro atoms. The maximum absolute atomic E-state index is 13.3. The van der Waals surface area contributed by atoms with Gasteiger partial charge in [0.15, 0.2) is 34.5 Å². The zero-order valence-corrected chi connectivity index (χ0v) is 29.3. The minimum Gasteiger partial charge on any atom is -0.288 e. The Hall–Kier alpha value is -7.08. The first kappa shape index (κ1) is 31.9. The summed E-state index contributed by atoms with van der Waals surface area (Å²) in [7, 11) is 0. The Balaban J connectivity index is 1.08. The van der Waals surface area contributed by atoms with Crippen molar-refractivity contribution in [3.8, 4) is 23.3 Å². The molecule has 0 bridgehead atoms. The van der Waals surface area contributed by atoms with Gasteiger partial charge in [0.05, 0.1) is 35.4 Å². The van der Waals surface area contributed by atoms with E-state index in [1.807, 2.05) is 24.3 Å². The van der Waals surface area contributed by atoms with Crippen LogP contribution in [0, 0.1) is 35.8 Å². The molecule has 10 heteroatoms. The number of nitriles is 2. The molecule has 3 aliphatic carbocycles. The van der Waals surface area contributed by atoms with E-state index in [1.165, 1.54) is 46.9 Å². The Morgan fingerprint density at radius 3 is 1.30 bits per heavy atom. The Kier molecular flexibility index (Phi) is 6.59. The maximum atomic E-state index is 13.3. The van der Waals surface area contributed by atoms with Crippen LogP contribution in [0.25, 0.3) is 53.1 Å². The quantitative estimate of drug-likeness (QED) is 0.0997. The van der Waals surface area contributed by atoms with Gasteiger partial charge in [-0.25, -0.2) is 0 Å². The molecule has 0 saturated carbocycles. The highest BCUT2D eigenvalue weighted by atomic mass is 32.1. The Labute approximate surface area is 309 Å². The van der Waals surface area contributed by atoms with E-state index in [-0.39, 0.29) is 61.3 Å². The summed E-state index contributed by atoms with van der Waals surface area (Å²) < 4.78 is 1.96. The average molecular weight is 719 g/mol. The number of hydrogen-bond donors (Lipinski definition) is 0. The van der Waals surface area contributed by atoms with Crippen LogP contribution in [0.4, 0.5) is 11.4 Å². The van der Waals surface area contributed by atoms with Crippen molar-refractivity contribution in [2.75, 3.05) is 0 Å². The summed E-state index contributed by atoms with van der Waals surface area (Å²) in [6.07, 6.45) is 3.19. The molecule has 246 valence electrons. The second kappa shape index (κ2) is 11.0. The number of fused-ring (bicyclic) bond motifs is 7. The number of carbonyl (C=O) groups excluding carboxylic acids is 4. The van der Waals surface area contributed by atoms with Crippen LogP contribution in [0.2, 0.25) is 0 Å². The summed E-state index contributed by atoms with van der Waals surface area (Å²) in [4.78, 5) is 61.3. The summed E-state index contributed by atoms with van der Waals surface area (Å²) in [5.41, 5.74) is 4.85. The zero-order chi connectivity index (χ0) is 37.1. The number of hydrogen-bond acceptors (Lipinski definition) is 8. The minimum absolute atomic E-state index is 0.000686. The molecule has 8 nitrogen and oxygen atoms in total. The molecule has 0 atom stereocenters. The standard InChI is InChI=1S/C43H18N4O4S2/c1-43(2)33-9-19-5-23(11-31-39(48)27-7-21(17-44)22(18-45)8-28(27)40(31)49)52-37(19)15-25(33)26-16-38-20(10-34(26)43)6-24(53-38)12-32-41(50)29-13-35(46-3)36(47-4)14-30(29)42(32)51/h5-16H,1-2H3. The second-order valence-electron chi connectivity index (χ2n) is 13.5. The van der Waals surface area contributed by atoms with Crippen LogP contribution in [0.15, 0.2) is 71.8 Å². The summed E-state index contributed by atoms with van der Waals surface area (Å²) in [5.74, 6) is -1.84. The van der Waals surface area contributed by atoms with E-state index in [2.05, 4.69) is 47.8 Å². The van der Waals surface area contributed by atoms with Gasteiger partial charge in [-0.2, -0.15) is 10.5 Å². The molecule has 0 fully saturated rings. The SMILES string of the molecule is [C-]#[N+]c1cc2c(cc1[N+]#[C-])C(=O)C(=Cc1cc3cc4c(cc3s1)-c1cc3sc(C=C5C(=O)c6cc(C#N)c(C#N)cc6C5=O)cc3cc1C4(C)C)C2=O. The molecule has 4 aromatic carbocycles. The second-order valence-corrected chi connectivity index (χ2v) is 15.7. The molecule has 53 heavy (non-hydrogen) atoms. The fourth-order valence-electron chi connectivity index (χ4n) is 7.61. The number of rotatable bonds is 2. The summed E-state index contributed by atoms with van der Waals surface area (Å²) in [6.45, 7) is 19.0. The molecule has 2 heterocycles. The van der Waals surface area contributed by atoms with E-state index in [4.69, 9.17) is 13.1 Å². The highest BCUT2D eigenvalue weighted by Gasteiger charge is 2.38. The zero-order valence-electron chi connectivity index (χ0n) is 27.7. The lowest BCUT2D eigenvalue weighted by molar-refractivity contribution is 0.0975. The van der Waals surface area contributed by atoms with Gasteiger partial charge in [0, 0.05) is 46.8 Å².